The summed E-state index contributed by atoms with van der Waals surface area (Å²) in [4.78, 5) is 38.0. The number of allylic oxidation sites excluding steroid dienone is 16. The van der Waals surface area contributed by atoms with E-state index >= 15 is 0 Å². The van der Waals surface area contributed by atoms with Crippen molar-refractivity contribution in [1.29, 1.82) is 0 Å². The van der Waals surface area contributed by atoms with Gasteiger partial charge in [-0.25, -0.2) is 0 Å². The zero-order valence-corrected chi connectivity index (χ0v) is 45.8. The maximum atomic E-state index is 12.8. The lowest BCUT2D eigenvalue weighted by Crippen LogP contribution is -2.30. The third-order valence-electron chi connectivity index (χ3n) is 12.3. The molecule has 1 atom stereocenters. The van der Waals surface area contributed by atoms with Gasteiger partial charge in [-0.3, -0.25) is 14.4 Å². The lowest BCUT2D eigenvalue weighted by Gasteiger charge is -2.18. The molecule has 0 spiro atoms. The molecule has 70 heavy (non-hydrogen) atoms. The van der Waals surface area contributed by atoms with Gasteiger partial charge in [-0.2, -0.15) is 0 Å². The van der Waals surface area contributed by atoms with Gasteiger partial charge in [0.2, 0.25) is 0 Å². The van der Waals surface area contributed by atoms with Crippen LogP contribution in [0.1, 0.15) is 271 Å². The first kappa shape index (κ1) is 66.3. The molecule has 0 amide bonds. The van der Waals surface area contributed by atoms with E-state index in [0.29, 0.717) is 19.3 Å². The second-order valence-corrected chi connectivity index (χ2v) is 19.2. The molecular formula is C64H108O6. The van der Waals surface area contributed by atoms with Crippen LogP contribution in [0.15, 0.2) is 97.2 Å². The molecule has 0 rings (SSSR count). The minimum absolute atomic E-state index is 0.0835. The molecule has 0 N–H and O–H groups in total. The van der Waals surface area contributed by atoms with Gasteiger partial charge in [-0.15, -0.1) is 0 Å². The van der Waals surface area contributed by atoms with Crippen molar-refractivity contribution in [1.82, 2.24) is 0 Å². The first-order valence-corrected chi connectivity index (χ1v) is 29.2. The van der Waals surface area contributed by atoms with E-state index in [2.05, 4.69) is 118 Å². The molecule has 0 heterocycles. The van der Waals surface area contributed by atoms with Crippen molar-refractivity contribution >= 4 is 17.9 Å². The number of rotatable bonds is 52. The van der Waals surface area contributed by atoms with E-state index in [1.165, 1.54) is 109 Å². The average Bonchev–Trinajstić information content (AvgIpc) is 3.36. The number of carbonyl (C=O) groups excluding carboxylic acids is 3. The number of esters is 3. The third-order valence-corrected chi connectivity index (χ3v) is 12.3. The van der Waals surface area contributed by atoms with Gasteiger partial charge >= 0.3 is 17.9 Å². The Morgan fingerprint density at radius 2 is 0.586 bits per heavy atom. The highest BCUT2D eigenvalue weighted by Crippen LogP contribution is 2.15. The summed E-state index contributed by atoms with van der Waals surface area (Å²) in [6, 6.07) is 0. The molecule has 0 aliphatic rings. The van der Waals surface area contributed by atoms with Crippen molar-refractivity contribution in [2.45, 2.75) is 277 Å². The highest BCUT2D eigenvalue weighted by molar-refractivity contribution is 5.71. The molecular weight excluding hydrogens is 865 g/mol. The van der Waals surface area contributed by atoms with E-state index < -0.39 is 6.10 Å². The van der Waals surface area contributed by atoms with Crippen molar-refractivity contribution in [3.8, 4) is 0 Å². The fourth-order valence-electron chi connectivity index (χ4n) is 7.90. The Bertz CT molecular complexity index is 1400. The molecule has 0 aromatic rings. The van der Waals surface area contributed by atoms with Gasteiger partial charge in [-0.05, 0) is 109 Å². The lowest BCUT2D eigenvalue weighted by atomic mass is 10.0. The van der Waals surface area contributed by atoms with Crippen molar-refractivity contribution in [3.05, 3.63) is 97.2 Å². The van der Waals surface area contributed by atoms with E-state index in [0.717, 1.165) is 122 Å². The van der Waals surface area contributed by atoms with Crippen molar-refractivity contribution in [2.75, 3.05) is 13.2 Å². The molecule has 0 bridgehead atoms. The highest BCUT2D eigenvalue weighted by atomic mass is 16.6. The summed E-state index contributed by atoms with van der Waals surface area (Å²) in [6.45, 7) is 6.41. The van der Waals surface area contributed by atoms with Crippen LogP contribution in [0.3, 0.4) is 0 Å². The van der Waals surface area contributed by atoms with Crippen LogP contribution in [0.5, 0.6) is 0 Å². The van der Waals surface area contributed by atoms with Gasteiger partial charge in [0, 0.05) is 19.3 Å². The quantitative estimate of drug-likeness (QED) is 0.0262. The Labute approximate surface area is 432 Å². The minimum Gasteiger partial charge on any atom is -0.462 e. The van der Waals surface area contributed by atoms with Crippen LogP contribution in [-0.4, -0.2) is 37.2 Å². The topological polar surface area (TPSA) is 78.9 Å². The number of unbranched alkanes of at least 4 members (excludes halogenated alkanes) is 25. The summed E-state index contributed by atoms with van der Waals surface area (Å²) in [6.07, 6.45) is 77.1. The van der Waals surface area contributed by atoms with E-state index in [1.54, 1.807) is 0 Å². The fourth-order valence-corrected chi connectivity index (χ4v) is 7.90. The van der Waals surface area contributed by atoms with Crippen molar-refractivity contribution < 1.29 is 28.6 Å². The average molecular weight is 974 g/mol. The third kappa shape index (κ3) is 55.3. The van der Waals surface area contributed by atoms with Gasteiger partial charge in [0.05, 0.1) is 0 Å². The van der Waals surface area contributed by atoms with Gasteiger partial charge in [0.15, 0.2) is 6.10 Å². The molecule has 0 aliphatic heterocycles. The molecule has 1 unspecified atom stereocenters. The zero-order chi connectivity index (χ0) is 50.7. The van der Waals surface area contributed by atoms with Crippen LogP contribution in [-0.2, 0) is 28.6 Å². The first-order chi connectivity index (χ1) is 34.5. The van der Waals surface area contributed by atoms with Crippen LogP contribution in [0, 0.1) is 0 Å². The Morgan fingerprint density at radius 1 is 0.300 bits per heavy atom. The van der Waals surface area contributed by atoms with Crippen LogP contribution in [0.4, 0.5) is 0 Å². The zero-order valence-electron chi connectivity index (χ0n) is 45.8. The van der Waals surface area contributed by atoms with Gasteiger partial charge in [0.25, 0.3) is 0 Å². The second kappa shape index (κ2) is 57.9. The van der Waals surface area contributed by atoms with Gasteiger partial charge < -0.3 is 14.2 Å². The lowest BCUT2D eigenvalue weighted by molar-refractivity contribution is -0.167. The molecule has 0 aliphatic carbocycles. The predicted molar refractivity (Wildman–Crippen MR) is 302 cm³/mol. The molecule has 0 fully saturated rings. The predicted octanol–water partition coefficient (Wildman–Crippen LogP) is 19.7. The summed E-state index contributed by atoms with van der Waals surface area (Å²) >= 11 is 0. The van der Waals surface area contributed by atoms with E-state index in [-0.39, 0.29) is 31.1 Å². The largest absolute Gasteiger partial charge is 0.462 e. The smallest absolute Gasteiger partial charge is 0.306 e. The van der Waals surface area contributed by atoms with Crippen LogP contribution in [0.2, 0.25) is 0 Å². The van der Waals surface area contributed by atoms with Crippen molar-refractivity contribution in [3.63, 3.8) is 0 Å². The monoisotopic (exact) mass is 973 g/mol. The van der Waals surface area contributed by atoms with E-state index in [1.807, 2.05) is 0 Å². The number of hydrogen-bond donors (Lipinski definition) is 0. The maximum absolute atomic E-state index is 12.8. The van der Waals surface area contributed by atoms with Crippen LogP contribution < -0.4 is 0 Å². The highest BCUT2D eigenvalue weighted by Gasteiger charge is 2.19. The summed E-state index contributed by atoms with van der Waals surface area (Å²) in [5, 5.41) is 0. The Hall–Kier alpha value is -3.67. The number of ether oxygens (including phenoxy) is 3. The SMILES string of the molecule is CC/C=C\C/C=C\C/C=C\C/C=C\C/C=C\C/C=C\CCCCCCCCCCCCCCC(=O)OCC(COC(=O)CCCCCCC/C=C\CCC)OC(=O)CCCCCCC/C=C\CCCC. The maximum Gasteiger partial charge on any atom is 0.306 e. The second-order valence-electron chi connectivity index (χ2n) is 19.2. The Morgan fingerprint density at radius 3 is 0.943 bits per heavy atom. The molecule has 0 aromatic heterocycles. The summed E-state index contributed by atoms with van der Waals surface area (Å²) < 4.78 is 16.8. The number of carbonyl (C=O) groups is 3. The number of hydrogen-bond acceptors (Lipinski definition) is 6. The van der Waals surface area contributed by atoms with E-state index in [4.69, 9.17) is 14.2 Å². The Balaban J connectivity index is 4.12. The summed E-state index contributed by atoms with van der Waals surface area (Å²) in [7, 11) is 0. The molecule has 0 saturated carbocycles. The fraction of sp³-hybridized carbons (Fsp3) is 0.703. The van der Waals surface area contributed by atoms with Crippen molar-refractivity contribution in [2.24, 2.45) is 0 Å². The molecule has 400 valence electrons. The standard InChI is InChI=1S/C64H108O6/c1-4-7-10-13-16-19-22-23-24-25-26-27-28-29-30-31-32-33-34-35-36-37-38-39-40-41-43-45-48-51-54-57-63(66)69-60-61(59-68-62(65)56-53-50-47-44-21-18-15-12-9-6-3)70-64(67)58-55-52-49-46-42-20-17-14-11-8-5-2/h7,10,12,14-17,19,23-24,26-27,29-30,32-33,61H,4-6,8-9,11,13,18,20-22,25,28,31,34-60H2,1-3H3/b10-7-,15-12-,17-14-,19-16-,24-23-,27-26-,30-29-,33-32-. The molecule has 6 nitrogen and oxygen atoms in total. The molecule has 6 heteroatoms. The van der Waals surface area contributed by atoms with E-state index in [9.17, 15) is 14.4 Å². The first-order valence-electron chi connectivity index (χ1n) is 29.2. The minimum atomic E-state index is -0.783. The molecule has 0 radical (unpaired) electrons. The summed E-state index contributed by atoms with van der Waals surface area (Å²) in [5.74, 6) is -0.905. The molecule has 0 aromatic carbocycles. The van der Waals surface area contributed by atoms with Crippen LogP contribution in [0.25, 0.3) is 0 Å². The van der Waals surface area contributed by atoms with Gasteiger partial charge in [-0.1, -0.05) is 240 Å². The summed E-state index contributed by atoms with van der Waals surface area (Å²) in [5.41, 5.74) is 0. The van der Waals surface area contributed by atoms with Crippen LogP contribution >= 0.6 is 0 Å². The normalized spacial score (nSPS) is 12.8. The molecule has 0 saturated heterocycles. The van der Waals surface area contributed by atoms with Gasteiger partial charge in [0.1, 0.15) is 13.2 Å². The Kier molecular flexibility index (Phi) is 54.9.